The first kappa shape index (κ1) is 13.0. The van der Waals surface area contributed by atoms with Crippen LogP contribution in [0.4, 0.5) is 12.9 Å². The van der Waals surface area contributed by atoms with Crippen molar-refractivity contribution in [1.82, 2.24) is 4.90 Å². The van der Waals surface area contributed by atoms with Gasteiger partial charge in [-0.1, -0.05) is 0 Å². The van der Waals surface area contributed by atoms with Crippen LogP contribution in [-0.2, 0) is 0 Å². The lowest BCUT2D eigenvalue weighted by Gasteiger charge is -2.30. The Morgan fingerprint density at radius 3 is 2.73 bits per heavy atom. The third-order valence-electron chi connectivity index (χ3n) is 2.70. The number of rotatable bonds is 3. The van der Waals surface area contributed by atoms with E-state index in [2.05, 4.69) is 6.58 Å². The van der Waals surface area contributed by atoms with Gasteiger partial charge >= 0.3 is 6.98 Å². The summed E-state index contributed by atoms with van der Waals surface area (Å²) in [5, 5.41) is 0. The molecule has 0 aromatic carbocycles. The van der Waals surface area contributed by atoms with E-state index < -0.39 is 12.4 Å². The molecule has 88 valence electrons. The van der Waals surface area contributed by atoms with Gasteiger partial charge in [0, 0.05) is 18.3 Å². The second-order valence-electron chi connectivity index (χ2n) is 3.95. The van der Waals surface area contributed by atoms with Gasteiger partial charge in [-0.05, 0) is 25.6 Å². The normalized spacial score (nSPS) is 24.9. The third-order valence-corrected chi connectivity index (χ3v) is 3.69. The highest BCUT2D eigenvalue weighted by atomic mass is 32.2. The Labute approximate surface area is 93.1 Å². The predicted octanol–water partition coefficient (Wildman–Crippen LogP) is 2.76. The molecular formula is C9H16BF3NS-. The highest BCUT2D eigenvalue weighted by Gasteiger charge is 2.29. The molecule has 0 bridgehead atoms. The molecule has 1 nitrogen and oxygen atoms in total. The Bertz CT molecular complexity index is 232. The van der Waals surface area contributed by atoms with Crippen LogP contribution in [0.2, 0.25) is 0 Å². The van der Waals surface area contributed by atoms with Crippen LogP contribution in [0.5, 0.6) is 0 Å². The molecule has 1 unspecified atom stereocenters. The molecular weight excluding hydrogens is 222 g/mol. The van der Waals surface area contributed by atoms with E-state index in [1.165, 1.54) is 0 Å². The van der Waals surface area contributed by atoms with Crippen molar-refractivity contribution in [2.75, 3.05) is 24.6 Å². The molecule has 0 aliphatic carbocycles. The van der Waals surface area contributed by atoms with Gasteiger partial charge in [0.15, 0.2) is 0 Å². The molecule has 6 heteroatoms. The zero-order valence-electron chi connectivity index (χ0n) is 8.89. The molecule has 0 spiro atoms. The second kappa shape index (κ2) is 5.30. The zero-order chi connectivity index (χ0) is 11.5. The minimum absolute atomic E-state index is 0.0226. The maximum Gasteiger partial charge on any atom is 0.506 e. The average Bonchev–Trinajstić information content (AvgIpc) is 2.30. The first-order valence-corrected chi connectivity index (χ1v) is 6.26. The van der Waals surface area contributed by atoms with Crippen molar-refractivity contribution in [2.45, 2.75) is 19.4 Å². The van der Waals surface area contributed by atoms with Gasteiger partial charge in [-0.25, -0.2) is 0 Å². The van der Waals surface area contributed by atoms with Crippen LogP contribution in [0.1, 0.15) is 13.3 Å². The molecule has 0 radical (unpaired) electrons. The van der Waals surface area contributed by atoms with Crippen LogP contribution >= 0.6 is 11.8 Å². The Balaban J connectivity index is 2.52. The van der Waals surface area contributed by atoms with Crippen LogP contribution in [0.15, 0.2) is 12.1 Å². The molecule has 1 aliphatic rings. The number of halogens is 3. The van der Waals surface area contributed by atoms with Crippen molar-refractivity contribution in [2.24, 2.45) is 0 Å². The minimum atomic E-state index is -4.87. The van der Waals surface area contributed by atoms with E-state index in [0.717, 1.165) is 24.5 Å². The Kier molecular flexibility index (Phi) is 4.58. The van der Waals surface area contributed by atoms with Crippen LogP contribution < -0.4 is 0 Å². The van der Waals surface area contributed by atoms with Crippen LogP contribution in [-0.4, -0.2) is 42.5 Å². The van der Waals surface area contributed by atoms with Gasteiger partial charge < -0.3 is 12.9 Å². The van der Waals surface area contributed by atoms with E-state index in [4.69, 9.17) is 0 Å². The third kappa shape index (κ3) is 4.11. The standard InChI is InChI=1S/C9H16BF3NS/c1-8(10(11,12)13)7-14-4-6-15-5-3-9(14)2/h9H,1,3-7H2,2H3/q-1. The van der Waals surface area contributed by atoms with E-state index in [1.807, 2.05) is 23.6 Å². The van der Waals surface area contributed by atoms with Gasteiger partial charge in [0.05, 0.1) is 0 Å². The summed E-state index contributed by atoms with van der Waals surface area (Å²) in [5.41, 5.74) is -0.575. The second-order valence-corrected chi connectivity index (χ2v) is 5.18. The molecule has 1 saturated heterocycles. The number of thioether (sulfide) groups is 1. The fourth-order valence-corrected chi connectivity index (χ4v) is 2.62. The predicted molar refractivity (Wildman–Crippen MR) is 61.2 cm³/mol. The van der Waals surface area contributed by atoms with E-state index in [9.17, 15) is 12.9 Å². The Hall–Kier alpha value is -0.0951. The van der Waals surface area contributed by atoms with Gasteiger partial charge in [0.1, 0.15) is 0 Å². The van der Waals surface area contributed by atoms with Gasteiger partial charge in [-0.2, -0.15) is 11.8 Å². The lowest BCUT2D eigenvalue weighted by Crippen LogP contribution is -2.38. The van der Waals surface area contributed by atoms with E-state index >= 15 is 0 Å². The summed E-state index contributed by atoms with van der Waals surface area (Å²) in [4.78, 5) is 1.89. The number of hydrogen-bond acceptors (Lipinski definition) is 2. The molecule has 0 N–H and O–H groups in total. The highest BCUT2D eigenvalue weighted by molar-refractivity contribution is 7.99. The van der Waals surface area contributed by atoms with Crippen LogP contribution in [0.3, 0.4) is 0 Å². The number of hydrogen-bond donors (Lipinski definition) is 0. The lowest BCUT2D eigenvalue weighted by molar-refractivity contribution is 0.239. The maximum atomic E-state index is 12.4. The smallest absolute Gasteiger partial charge is 0.445 e. The molecule has 1 heterocycles. The lowest BCUT2D eigenvalue weighted by atomic mass is 9.80. The molecule has 0 aromatic rings. The first-order valence-electron chi connectivity index (χ1n) is 5.10. The van der Waals surface area contributed by atoms with Crippen molar-refractivity contribution < 1.29 is 12.9 Å². The topological polar surface area (TPSA) is 3.24 Å². The van der Waals surface area contributed by atoms with E-state index in [0.29, 0.717) is 0 Å². The molecule has 1 rings (SSSR count). The summed E-state index contributed by atoms with van der Waals surface area (Å²) in [6, 6.07) is 0.231. The van der Waals surface area contributed by atoms with Crippen molar-refractivity contribution in [3.05, 3.63) is 12.1 Å². The van der Waals surface area contributed by atoms with Gasteiger partial charge in [-0.15, -0.1) is 12.1 Å². The minimum Gasteiger partial charge on any atom is -0.445 e. The van der Waals surface area contributed by atoms with Crippen molar-refractivity contribution in [3.63, 3.8) is 0 Å². The summed E-state index contributed by atoms with van der Waals surface area (Å²) in [7, 11) is 0. The van der Waals surface area contributed by atoms with Crippen molar-refractivity contribution in [3.8, 4) is 0 Å². The molecule has 15 heavy (non-hydrogen) atoms. The SMILES string of the molecule is C=C(CN1CCSCCC1C)[B-](F)(F)F. The summed E-state index contributed by atoms with van der Waals surface area (Å²) in [5.74, 6) is 1.96. The first-order chi connectivity index (χ1) is 6.91. The summed E-state index contributed by atoms with van der Waals surface area (Å²) in [6.45, 7) is 0.966. The molecule has 0 saturated carbocycles. The monoisotopic (exact) mass is 238 g/mol. The summed E-state index contributed by atoms with van der Waals surface area (Å²) < 4.78 is 37.1. The molecule has 1 atom stereocenters. The average molecular weight is 238 g/mol. The summed E-state index contributed by atoms with van der Waals surface area (Å²) >= 11 is 1.81. The molecule has 0 aromatic heterocycles. The molecule has 0 amide bonds. The van der Waals surface area contributed by atoms with Crippen molar-refractivity contribution in [1.29, 1.82) is 0 Å². The maximum absolute atomic E-state index is 12.4. The molecule has 1 fully saturated rings. The summed E-state index contributed by atoms with van der Waals surface area (Å²) in [6.07, 6.45) is 0.961. The van der Waals surface area contributed by atoms with Gasteiger partial charge in [0.2, 0.25) is 0 Å². The molecule has 1 aliphatic heterocycles. The van der Waals surface area contributed by atoms with E-state index in [1.54, 1.807) is 0 Å². The Morgan fingerprint density at radius 1 is 1.47 bits per heavy atom. The van der Waals surface area contributed by atoms with Gasteiger partial charge in [0.25, 0.3) is 0 Å². The largest absolute Gasteiger partial charge is 0.506 e. The quantitative estimate of drug-likeness (QED) is 0.695. The van der Waals surface area contributed by atoms with Crippen LogP contribution in [0, 0.1) is 0 Å². The zero-order valence-corrected chi connectivity index (χ0v) is 9.70. The highest BCUT2D eigenvalue weighted by Crippen LogP contribution is 2.22. The fourth-order valence-electron chi connectivity index (χ4n) is 1.54. The van der Waals surface area contributed by atoms with Gasteiger partial charge in [-0.3, -0.25) is 4.90 Å². The van der Waals surface area contributed by atoms with Crippen molar-refractivity contribution >= 4 is 18.7 Å². The van der Waals surface area contributed by atoms with E-state index in [-0.39, 0.29) is 12.6 Å². The Morgan fingerprint density at radius 2 is 2.13 bits per heavy atom. The fraction of sp³-hybridized carbons (Fsp3) is 0.778. The van der Waals surface area contributed by atoms with Crippen LogP contribution in [0.25, 0.3) is 0 Å². The number of nitrogens with zero attached hydrogens (tertiary/aromatic N) is 1.